The second-order valence-corrected chi connectivity index (χ2v) is 6.88. The van der Waals surface area contributed by atoms with E-state index in [-0.39, 0.29) is 50.1 Å². The molecule has 2 amide bonds. The molecule has 0 heterocycles. The highest BCUT2D eigenvalue weighted by Crippen LogP contribution is 2.20. The summed E-state index contributed by atoms with van der Waals surface area (Å²) in [4.78, 5) is 47.0. The summed E-state index contributed by atoms with van der Waals surface area (Å²) in [5.74, 6) is -1.92. The van der Waals surface area contributed by atoms with Gasteiger partial charge in [-0.15, -0.1) is 0 Å². The zero-order chi connectivity index (χ0) is 20.2. The van der Waals surface area contributed by atoms with Gasteiger partial charge in [-0.3, -0.25) is 19.2 Å². The lowest BCUT2D eigenvalue weighted by Crippen LogP contribution is -2.38. The lowest BCUT2D eigenvalue weighted by atomic mass is 9.95. The van der Waals surface area contributed by atoms with Crippen molar-refractivity contribution in [3.05, 3.63) is 24.3 Å². The highest BCUT2D eigenvalue weighted by Gasteiger charge is 2.22. The van der Waals surface area contributed by atoms with E-state index < -0.39 is 11.8 Å². The van der Waals surface area contributed by atoms with Crippen LogP contribution >= 0.6 is 0 Å². The third-order valence-corrected chi connectivity index (χ3v) is 4.67. The molecule has 0 radical (unpaired) electrons. The summed E-state index contributed by atoms with van der Waals surface area (Å²) in [6.07, 6.45) is 12.4. The van der Waals surface area contributed by atoms with Crippen LogP contribution in [-0.2, 0) is 28.7 Å². The van der Waals surface area contributed by atoms with E-state index in [1.165, 1.54) is 0 Å². The van der Waals surface area contributed by atoms with Gasteiger partial charge in [-0.1, -0.05) is 24.3 Å². The van der Waals surface area contributed by atoms with E-state index in [1.54, 1.807) is 0 Å². The summed E-state index contributed by atoms with van der Waals surface area (Å²) >= 11 is 0. The molecule has 8 heteroatoms. The van der Waals surface area contributed by atoms with Gasteiger partial charge >= 0.3 is 11.9 Å². The second-order valence-electron chi connectivity index (χ2n) is 6.88. The Morgan fingerprint density at radius 2 is 1.14 bits per heavy atom. The van der Waals surface area contributed by atoms with Crippen molar-refractivity contribution in [3.8, 4) is 0 Å². The van der Waals surface area contributed by atoms with Crippen molar-refractivity contribution in [1.82, 2.24) is 10.6 Å². The van der Waals surface area contributed by atoms with Gasteiger partial charge in [-0.05, 0) is 38.5 Å². The number of esters is 2. The molecule has 8 nitrogen and oxygen atoms in total. The summed E-state index contributed by atoms with van der Waals surface area (Å²) in [6, 6.07) is 0. The van der Waals surface area contributed by atoms with Crippen LogP contribution in [0.5, 0.6) is 0 Å². The standard InChI is InChI=1S/C20H28N2O6/c23-17(13-27-19(25)15-7-3-1-4-8-15)21-11-12-22-18(24)14-28-20(26)16-9-5-2-6-10-16/h1-3,5,15-16H,4,6-14H2,(H,21,23)(H,22,24)/t15-,16+. The molecule has 2 rings (SSSR count). The predicted octanol–water partition coefficient (Wildman–Crippen LogP) is 1.02. The Morgan fingerprint density at radius 3 is 1.50 bits per heavy atom. The molecule has 0 saturated carbocycles. The van der Waals surface area contributed by atoms with E-state index >= 15 is 0 Å². The van der Waals surface area contributed by atoms with Crippen LogP contribution < -0.4 is 10.6 Å². The maximum Gasteiger partial charge on any atom is 0.309 e. The molecule has 0 aromatic carbocycles. The monoisotopic (exact) mass is 392 g/mol. The van der Waals surface area contributed by atoms with Crippen molar-refractivity contribution in [2.24, 2.45) is 11.8 Å². The molecule has 154 valence electrons. The van der Waals surface area contributed by atoms with Crippen molar-refractivity contribution in [3.63, 3.8) is 0 Å². The van der Waals surface area contributed by atoms with Crippen LogP contribution in [0.1, 0.15) is 38.5 Å². The van der Waals surface area contributed by atoms with Gasteiger partial charge in [0.15, 0.2) is 13.2 Å². The van der Waals surface area contributed by atoms with E-state index in [0.717, 1.165) is 25.7 Å². The van der Waals surface area contributed by atoms with Crippen LogP contribution in [-0.4, -0.2) is 50.1 Å². The molecule has 2 N–H and O–H groups in total. The van der Waals surface area contributed by atoms with Crippen molar-refractivity contribution in [2.45, 2.75) is 38.5 Å². The number of hydrogen-bond donors (Lipinski definition) is 2. The molecule has 2 aliphatic carbocycles. The molecular weight excluding hydrogens is 364 g/mol. The highest BCUT2D eigenvalue weighted by atomic mass is 16.5. The number of nitrogens with one attached hydrogen (secondary N) is 2. The number of hydrogen-bond acceptors (Lipinski definition) is 6. The zero-order valence-corrected chi connectivity index (χ0v) is 16.0. The fraction of sp³-hybridized carbons (Fsp3) is 0.600. The Bertz CT molecular complexity index is 574. The van der Waals surface area contributed by atoms with E-state index in [0.29, 0.717) is 12.8 Å². The van der Waals surface area contributed by atoms with Crippen molar-refractivity contribution < 1.29 is 28.7 Å². The largest absolute Gasteiger partial charge is 0.455 e. The van der Waals surface area contributed by atoms with E-state index in [1.807, 2.05) is 24.3 Å². The molecule has 28 heavy (non-hydrogen) atoms. The Balaban J connectivity index is 1.49. The molecule has 0 unspecified atom stereocenters. The Labute approximate surface area is 164 Å². The van der Waals surface area contributed by atoms with Gasteiger partial charge in [0.05, 0.1) is 11.8 Å². The lowest BCUT2D eigenvalue weighted by Gasteiger charge is -2.16. The number of carbonyl (C=O) groups excluding carboxylic acids is 4. The summed E-state index contributed by atoms with van der Waals surface area (Å²) in [7, 11) is 0. The van der Waals surface area contributed by atoms with Crippen LogP contribution in [0.2, 0.25) is 0 Å². The highest BCUT2D eigenvalue weighted by molar-refractivity contribution is 5.82. The fourth-order valence-corrected chi connectivity index (χ4v) is 3.03. The van der Waals surface area contributed by atoms with E-state index in [9.17, 15) is 19.2 Å². The summed E-state index contributed by atoms with van der Waals surface area (Å²) in [5.41, 5.74) is 0. The second kappa shape index (κ2) is 11.9. The molecule has 0 spiro atoms. The molecule has 0 bridgehead atoms. The average Bonchev–Trinajstić information content (AvgIpc) is 2.74. The fourth-order valence-electron chi connectivity index (χ4n) is 3.03. The van der Waals surface area contributed by atoms with Gasteiger partial charge in [-0.2, -0.15) is 0 Å². The maximum atomic E-state index is 11.8. The Morgan fingerprint density at radius 1 is 0.714 bits per heavy atom. The van der Waals surface area contributed by atoms with Crippen molar-refractivity contribution >= 4 is 23.8 Å². The van der Waals surface area contributed by atoms with Gasteiger partial charge in [0.1, 0.15) is 0 Å². The third-order valence-electron chi connectivity index (χ3n) is 4.67. The Kier molecular flexibility index (Phi) is 9.24. The number of carbonyl (C=O) groups is 4. The average molecular weight is 392 g/mol. The molecule has 0 aromatic rings. The van der Waals surface area contributed by atoms with Crippen LogP contribution in [0, 0.1) is 11.8 Å². The number of allylic oxidation sites excluding steroid dienone is 4. The first kappa shape index (κ1) is 21.7. The molecular formula is C20H28N2O6. The normalized spacial score (nSPS) is 20.9. The van der Waals surface area contributed by atoms with Gasteiger partial charge in [0.25, 0.3) is 11.8 Å². The smallest absolute Gasteiger partial charge is 0.309 e. The van der Waals surface area contributed by atoms with Crippen LogP contribution in [0.4, 0.5) is 0 Å². The van der Waals surface area contributed by atoms with E-state index in [4.69, 9.17) is 9.47 Å². The predicted molar refractivity (Wildman–Crippen MR) is 101 cm³/mol. The van der Waals surface area contributed by atoms with Gasteiger partial charge < -0.3 is 20.1 Å². The number of amides is 2. The molecule has 0 fully saturated rings. The number of ether oxygens (including phenoxy) is 2. The molecule has 0 aromatic heterocycles. The van der Waals surface area contributed by atoms with Crippen molar-refractivity contribution in [1.29, 1.82) is 0 Å². The van der Waals surface area contributed by atoms with Gasteiger partial charge in [0.2, 0.25) is 0 Å². The number of rotatable bonds is 9. The van der Waals surface area contributed by atoms with E-state index in [2.05, 4.69) is 10.6 Å². The van der Waals surface area contributed by atoms with Crippen LogP contribution in [0.25, 0.3) is 0 Å². The van der Waals surface area contributed by atoms with Gasteiger partial charge in [-0.25, -0.2) is 0 Å². The molecule has 0 saturated heterocycles. The molecule has 2 atom stereocenters. The summed E-state index contributed by atoms with van der Waals surface area (Å²) in [6.45, 7) is -0.286. The maximum absolute atomic E-state index is 11.8. The van der Waals surface area contributed by atoms with Crippen LogP contribution in [0.3, 0.4) is 0 Å². The van der Waals surface area contributed by atoms with Gasteiger partial charge in [0, 0.05) is 13.1 Å². The first-order chi connectivity index (χ1) is 13.6. The zero-order valence-electron chi connectivity index (χ0n) is 16.0. The molecule has 0 aliphatic heterocycles. The van der Waals surface area contributed by atoms with Crippen molar-refractivity contribution in [2.75, 3.05) is 26.3 Å². The molecule has 2 aliphatic rings. The minimum absolute atomic E-state index is 0.176. The summed E-state index contributed by atoms with van der Waals surface area (Å²) < 4.78 is 10.0. The minimum atomic E-state index is -0.425. The first-order valence-corrected chi connectivity index (χ1v) is 9.73. The third kappa shape index (κ3) is 7.94. The topological polar surface area (TPSA) is 111 Å². The Hall–Kier alpha value is -2.64. The van der Waals surface area contributed by atoms with Crippen LogP contribution in [0.15, 0.2) is 24.3 Å². The minimum Gasteiger partial charge on any atom is -0.455 e. The first-order valence-electron chi connectivity index (χ1n) is 9.73. The SMILES string of the molecule is O=C(COC(=O)[C@@H]1CC=CCC1)NCCNC(=O)COC(=O)[C@H]1CC=CCC1. The quantitative estimate of drug-likeness (QED) is 0.344. The summed E-state index contributed by atoms with van der Waals surface area (Å²) in [5, 5.41) is 5.11. The lowest BCUT2D eigenvalue weighted by molar-refractivity contribution is -0.153.